The van der Waals surface area contributed by atoms with Crippen molar-refractivity contribution < 1.29 is 13.9 Å². The van der Waals surface area contributed by atoms with E-state index in [1.165, 1.54) is 0 Å². The average molecular weight is 521 g/mol. The van der Waals surface area contributed by atoms with Gasteiger partial charge in [-0.25, -0.2) is 0 Å². The number of carbonyl (C=O) groups is 1. The Hall–Kier alpha value is -2.39. The standard InChI is InChI=1S/C22H19BrClN3O3S/c23-15-3-1-14(2-4-15)19-7-8-20(30-19)21(28)26-22(31)25-17-13-16(24)5-6-18(17)27-9-11-29-12-10-27/h1-8,13H,9-12H2,(H2,25,26,28,31). The predicted molar refractivity (Wildman–Crippen MR) is 130 cm³/mol. The van der Waals surface area contributed by atoms with Gasteiger partial charge < -0.3 is 19.4 Å². The van der Waals surface area contributed by atoms with Crippen LogP contribution in [0.15, 0.2) is 63.5 Å². The summed E-state index contributed by atoms with van der Waals surface area (Å²) in [7, 11) is 0. The third kappa shape index (κ3) is 5.46. The van der Waals surface area contributed by atoms with Crippen LogP contribution in [0.3, 0.4) is 0 Å². The van der Waals surface area contributed by atoms with Crippen molar-refractivity contribution in [1.29, 1.82) is 0 Å². The van der Waals surface area contributed by atoms with E-state index in [0.717, 1.165) is 34.5 Å². The number of benzene rings is 2. The fourth-order valence-corrected chi connectivity index (χ4v) is 3.87. The number of amides is 1. The first-order chi connectivity index (χ1) is 15.0. The van der Waals surface area contributed by atoms with Gasteiger partial charge in [0.05, 0.1) is 24.6 Å². The van der Waals surface area contributed by atoms with E-state index in [4.69, 9.17) is 33.0 Å². The number of ether oxygens (including phenoxy) is 1. The number of furan rings is 1. The second-order valence-electron chi connectivity index (χ2n) is 6.84. The van der Waals surface area contributed by atoms with Crippen molar-refractivity contribution in [2.75, 3.05) is 36.5 Å². The van der Waals surface area contributed by atoms with Crippen LogP contribution in [-0.4, -0.2) is 37.3 Å². The molecule has 1 amide bonds. The molecule has 0 bridgehead atoms. The van der Waals surface area contributed by atoms with Crippen molar-refractivity contribution in [3.63, 3.8) is 0 Å². The summed E-state index contributed by atoms with van der Waals surface area (Å²) in [6.07, 6.45) is 0. The highest BCUT2D eigenvalue weighted by atomic mass is 79.9. The van der Waals surface area contributed by atoms with Crippen molar-refractivity contribution >= 4 is 62.1 Å². The van der Waals surface area contributed by atoms with Crippen LogP contribution < -0.4 is 15.5 Å². The van der Waals surface area contributed by atoms with E-state index >= 15 is 0 Å². The molecule has 1 aromatic heterocycles. The molecule has 2 aromatic carbocycles. The first-order valence-electron chi connectivity index (χ1n) is 9.60. The fourth-order valence-electron chi connectivity index (χ4n) is 3.24. The highest BCUT2D eigenvalue weighted by Gasteiger charge is 2.18. The highest BCUT2D eigenvalue weighted by Crippen LogP contribution is 2.30. The minimum absolute atomic E-state index is 0.156. The van der Waals surface area contributed by atoms with Crippen molar-refractivity contribution in [2.24, 2.45) is 0 Å². The molecule has 9 heteroatoms. The zero-order valence-corrected chi connectivity index (χ0v) is 19.5. The number of nitrogens with one attached hydrogen (secondary N) is 2. The number of carbonyl (C=O) groups excluding carboxylic acids is 1. The first-order valence-corrected chi connectivity index (χ1v) is 11.2. The maximum Gasteiger partial charge on any atom is 0.293 e. The highest BCUT2D eigenvalue weighted by molar-refractivity contribution is 9.10. The molecule has 0 unspecified atom stereocenters. The Morgan fingerprint density at radius 3 is 2.55 bits per heavy atom. The molecule has 0 saturated carbocycles. The molecule has 0 radical (unpaired) electrons. The minimum atomic E-state index is -0.434. The van der Waals surface area contributed by atoms with E-state index in [2.05, 4.69) is 31.5 Å². The van der Waals surface area contributed by atoms with Gasteiger partial charge in [0.25, 0.3) is 5.91 Å². The molecule has 0 atom stereocenters. The van der Waals surface area contributed by atoms with Gasteiger partial charge in [-0.3, -0.25) is 10.1 Å². The van der Waals surface area contributed by atoms with Gasteiger partial charge >= 0.3 is 0 Å². The third-order valence-electron chi connectivity index (χ3n) is 4.74. The number of anilines is 2. The van der Waals surface area contributed by atoms with E-state index in [1.807, 2.05) is 36.4 Å². The molecule has 1 saturated heterocycles. The number of hydrogen-bond donors (Lipinski definition) is 2. The molecule has 160 valence electrons. The number of thiocarbonyl (C=S) groups is 1. The lowest BCUT2D eigenvalue weighted by atomic mass is 10.2. The van der Waals surface area contributed by atoms with Gasteiger partial charge in [-0.2, -0.15) is 0 Å². The lowest BCUT2D eigenvalue weighted by molar-refractivity contribution is 0.0951. The minimum Gasteiger partial charge on any atom is -0.451 e. The number of nitrogens with zero attached hydrogens (tertiary/aromatic N) is 1. The number of halogens is 2. The molecule has 0 spiro atoms. The molecule has 2 heterocycles. The van der Waals surface area contributed by atoms with E-state index in [1.54, 1.807) is 18.2 Å². The average Bonchev–Trinajstić information content (AvgIpc) is 3.25. The van der Waals surface area contributed by atoms with Crippen molar-refractivity contribution in [2.45, 2.75) is 0 Å². The summed E-state index contributed by atoms with van der Waals surface area (Å²) in [6.45, 7) is 2.84. The summed E-state index contributed by atoms with van der Waals surface area (Å²) in [5, 5.41) is 6.47. The maximum absolute atomic E-state index is 12.6. The molecule has 31 heavy (non-hydrogen) atoms. The Morgan fingerprint density at radius 1 is 1.06 bits per heavy atom. The molecule has 3 aromatic rings. The van der Waals surface area contributed by atoms with Crippen molar-refractivity contribution in [3.05, 3.63) is 69.9 Å². The largest absolute Gasteiger partial charge is 0.451 e. The Labute approximate surface area is 198 Å². The van der Waals surface area contributed by atoms with Crippen LogP contribution >= 0.6 is 39.7 Å². The summed E-state index contributed by atoms with van der Waals surface area (Å²) < 4.78 is 12.1. The Morgan fingerprint density at radius 2 is 1.81 bits per heavy atom. The van der Waals surface area contributed by atoms with Crippen LogP contribution in [0.4, 0.5) is 11.4 Å². The Balaban J connectivity index is 1.44. The van der Waals surface area contributed by atoms with Gasteiger partial charge in [-0.1, -0.05) is 39.7 Å². The van der Waals surface area contributed by atoms with Gasteiger partial charge in [0, 0.05) is 28.1 Å². The van der Waals surface area contributed by atoms with E-state index in [0.29, 0.717) is 24.0 Å². The zero-order valence-electron chi connectivity index (χ0n) is 16.4. The number of morpholine rings is 1. The SMILES string of the molecule is O=C(NC(=S)Nc1cc(Cl)ccc1N1CCOCC1)c1ccc(-c2ccc(Br)cc2)o1. The third-order valence-corrected chi connectivity index (χ3v) is 5.71. The fraction of sp³-hybridized carbons (Fsp3) is 0.182. The van der Waals surface area contributed by atoms with E-state index in [9.17, 15) is 4.79 Å². The molecule has 4 rings (SSSR count). The first kappa shape index (κ1) is 21.8. The molecule has 0 aliphatic carbocycles. The van der Waals surface area contributed by atoms with Gasteiger partial charge in [0.2, 0.25) is 0 Å². The van der Waals surface area contributed by atoms with Crippen molar-refractivity contribution in [1.82, 2.24) is 5.32 Å². The molecule has 1 fully saturated rings. The van der Waals surface area contributed by atoms with Crippen molar-refractivity contribution in [3.8, 4) is 11.3 Å². The lowest BCUT2D eigenvalue weighted by Gasteiger charge is -2.30. The molecule has 6 nitrogen and oxygen atoms in total. The second-order valence-corrected chi connectivity index (χ2v) is 8.60. The maximum atomic E-state index is 12.6. The lowest BCUT2D eigenvalue weighted by Crippen LogP contribution is -2.38. The number of hydrogen-bond acceptors (Lipinski definition) is 5. The predicted octanol–water partition coefficient (Wildman–Crippen LogP) is 5.33. The molecule has 2 N–H and O–H groups in total. The van der Waals surface area contributed by atoms with Gasteiger partial charge in [-0.05, 0) is 54.7 Å². The smallest absolute Gasteiger partial charge is 0.293 e. The van der Waals surface area contributed by atoms with Crippen LogP contribution in [0.2, 0.25) is 5.02 Å². The molecular weight excluding hydrogens is 502 g/mol. The topological polar surface area (TPSA) is 66.7 Å². The van der Waals surface area contributed by atoms with Gasteiger partial charge in [0.15, 0.2) is 10.9 Å². The number of rotatable bonds is 4. The molecule has 1 aliphatic rings. The zero-order chi connectivity index (χ0) is 21.8. The van der Waals surface area contributed by atoms with Crippen LogP contribution in [0.5, 0.6) is 0 Å². The van der Waals surface area contributed by atoms with E-state index in [-0.39, 0.29) is 10.9 Å². The Kier molecular flexibility index (Phi) is 6.92. The Bertz CT molecular complexity index is 1100. The van der Waals surface area contributed by atoms with Crippen LogP contribution in [0.25, 0.3) is 11.3 Å². The summed E-state index contributed by atoms with van der Waals surface area (Å²) in [5.41, 5.74) is 2.53. The quantitative estimate of drug-likeness (QED) is 0.454. The monoisotopic (exact) mass is 519 g/mol. The molecule has 1 aliphatic heterocycles. The van der Waals surface area contributed by atoms with Gasteiger partial charge in [-0.15, -0.1) is 0 Å². The van der Waals surface area contributed by atoms with E-state index < -0.39 is 5.91 Å². The van der Waals surface area contributed by atoms with Crippen LogP contribution in [0, 0.1) is 0 Å². The normalized spacial score (nSPS) is 13.7. The van der Waals surface area contributed by atoms with Crippen LogP contribution in [0.1, 0.15) is 10.6 Å². The van der Waals surface area contributed by atoms with Gasteiger partial charge in [0.1, 0.15) is 5.76 Å². The second kappa shape index (κ2) is 9.82. The summed E-state index contributed by atoms with van der Waals surface area (Å²) >= 11 is 14.9. The summed E-state index contributed by atoms with van der Waals surface area (Å²) in [6, 6.07) is 16.5. The summed E-state index contributed by atoms with van der Waals surface area (Å²) in [5.74, 6) is 0.332. The summed E-state index contributed by atoms with van der Waals surface area (Å²) in [4.78, 5) is 14.8. The van der Waals surface area contributed by atoms with Crippen LogP contribution in [-0.2, 0) is 4.74 Å². The molecular formula is C22H19BrClN3O3S.